The molecule has 1 aromatic carbocycles. The van der Waals surface area contributed by atoms with E-state index in [2.05, 4.69) is 0 Å². The van der Waals surface area contributed by atoms with Crippen LogP contribution in [0, 0.1) is 17.2 Å². The van der Waals surface area contributed by atoms with Gasteiger partial charge in [0, 0.05) is 0 Å². The average molecular weight is 281 g/mol. The Morgan fingerprint density at radius 1 is 1.42 bits per heavy atom. The van der Waals surface area contributed by atoms with E-state index in [9.17, 15) is 8.42 Å². The number of nitrogens with zero attached hydrogens (tertiary/aromatic N) is 1. The molecule has 0 amide bonds. The summed E-state index contributed by atoms with van der Waals surface area (Å²) in [6.45, 7) is 3.90. The zero-order valence-corrected chi connectivity index (χ0v) is 12.3. The standard InChI is InChI=1S/C14H19NO3S/c1-4-11(2)9-19(16,17)10-12-5-6-13(8-15)14(7-12)18-3/h5-7,11H,4,9-10H2,1-3H3. The van der Waals surface area contributed by atoms with Gasteiger partial charge in [-0.3, -0.25) is 0 Å². The first kappa shape index (κ1) is 15.5. The molecule has 0 saturated heterocycles. The minimum Gasteiger partial charge on any atom is -0.495 e. The van der Waals surface area contributed by atoms with Crippen molar-refractivity contribution in [2.24, 2.45) is 5.92 Å². The van der Waals surface area contributed by atoms with E-state index in [0.717, 1.165) is 6.42 Å². The third kappa shape index (κ3) is 4.56. The van der Waals surface area contributed by atoms with E-state index in [1.54, 1.807) is 18.2 Å². The molecule has 0 radical (unpaired) electrons. The number of methoxy groups -OCH3 is 1. The Labute approximate surface area is 114 Å². The largest absolute Gasteiger partial charge is 0.495 e. The van der Waals surface area contributed by atoms with Crippen molar-refractivity contribution in [3.8, 4) is 11.8 Å². The van der Waals surface area contributed by atoms with Crippen molar-refractivity contribution in [2.45, 2.75) is 26.0 Å². The van der Waals surface area contributed by atoms with Crippen LogP contribution in [0.5, 0.6) is 5.75 Å². The lowest BCUT2D eigenvalue weighted by atomic mass is 10.1. The van der Waals surface area contributed by atoms with Gasteiger partial charge in [-0.1, -0.05) is 26.3 Å². The molecular weight excluding hydrogens is 262 g/mol. The van der Waals surface area contributed by atoms with Crippen molar-refractivity contribution in [1.29, 1.82) is 5.26 Å². The molecular formula is C14H19NO3S. The fraction of sp³-hybridized carbons (Fsp3) is 0.500. The molecule has 1 unspecified atom stereocenters. The highest BCUT2D eigenvalue weighted by Crippen LogP contribution is 2.21. The molecule has 1 rings (SSSR count). The SMILES string of the molecule is CCC(C)CS(=O)(=O)Cc1ccc(C#N)c(OC)c1. The second kappa shape index (κ2) is 6.58. The number of sulfone groups is 1. The van der Waals surface area contributed by atoms with Crippen molar-refractivity contribution in [3.63, 3.8) is 0 Å². The van der Waals surface area contributed by atoms with Crippen LogP contribution >= 0.6 is 0 Å². The lowest BCUT2D eigenvalue weighted by molar-refractivity contribution is 0.413. The highest BCUT2D eigenvalue weighted by molar-refractivity contribution is 7.90. The van der Waals surface area contributed by atoms with Crippen LogP contribution in [0.3, 0.4) is 0 Å². The summed E-state index contributed by atoms with van der Waals surface area (Å²) >= 11 is 0. The molecule has 0 bridgehead atoms. The Morgan fingerprint density at radius 3 is 2.63 bits per heavy atom. The molecule has 0 aliphatic rings. The molecule has 0 aromatic heterocycles. The van der Waals surface area contributed by atoms with Gasteiger partial charge in [0.15, 0.2) is 9.84 Å². The number of hydrogen-bond donors (Lipinski definition) is 0. The van der Waals surface area contributed by atoms with Crippen molar-refractivity contribution >= 4 is 9.84 Å². The number of benzene rings is 1. The van der Waals surface area contributed by atoms with E-state index in [1.807, 2.05) is 19.9 Å². The maximum absolute atomic E-state index is 12.0. The molecule has 19 heavy (non-hydrogen) atoms. The zero-order valence-electron chi connectivity index (χ0n) is 11.5. The van der Waals surface area contributed by atoms with Gasteiger partial charge < -0.3 is 4.74 Å². The molecule has 0 saturated carbocycles. The van der Waals surface area contributed by atoms with Gasteiger partial charge in [0.2, 0.25) is 0 Å². The zero-order chi connectivity index (χ0) is 14.5. The van der Waals surface area contributed by atoms with Crippen molar-refractivity contribution < 1.29 is 13.2 Å². The van der Waals surface area contributed by atoms with Gasteiger partial charge >= 0.3 is 0 Å². The van der Waals surface area contributed by atoms with Crippen molar-refractivity contribution in [3.05, 3.63) is 29.3 Å². The number of nitriles is 1. The number of rotatable bonds is 6. The normalized spacial score (nSPS) is 12.7. The second-order valence-electron chi connectivity index (χ2n) is 4.71. The Hall–Kier alpha value is -1.54. The second-order valence-corrected chi connectivity index (χ2v) is 6.82. The Balaban J connectivity index is 2.92. The Morgan fingerprint density at radius 2 is 2.11 bits per heavy atom. The third-order valence-corrected chi connectivity index (χ3v) is 4.86. The van der Waals surface area contributed by atoms with Crippen molar-refractivity contribution in [2.75, 3.05) is 12.9 Å². The van der Waals surface area contributed by atoms with Gasteiger partial charge in [-0.25, -0.2) is 8.42 Å². The average Bonchev–Trinajstić information content (AvgIpc) is 2.37. The van der Waals surface area contributed by atoms with Gasteiger partial charge in [0.25, 0.3) is 0 Å². The highest BCUT2D eigenvalue weighted by Gasteiger charge is 2.16. The lowest BCUT2D eigenvalue weighted by Gasteiger charge is -2.10. The molecule has 0 heterocycles. The first-order valence-corrected chi connectivity index (χ1v) is 8.01. The fourth-order valence-electron chi connectivity index (χ4n) is 1.78. The summed E-state index contributed by atoms with van der Waals surface area (Å²) in [5.74, 6) is 0.745. The lowest BCUT2D eigenvalue weighted by Crippen LogP contribution is -2.15. The highest BCUT2D eigenvalue weighted by atomic mass is 32.2. The molecule has 0 N–H and O–H groups in total. The van der Waals surface area contributed by atoms with Gasteiger partial charge in [0.1, 0.15) is 11.8 Å². The van der Waals surface area contributed by atoms with Crippen LogP contribution in [0.4, 0.5) is 0 Å². The summed E-state index contributed by atoms with van der Waals surface area (Å²) < 4.78 is 29.1. The summed E-state index contributed by atoms with van der Waals surface area (Å²) in [5, 5.41) is 8.88. The molecule has 5 heteroatoms. The van der Waals surface area contributed by atoms with Crippen LogP contribution in [0.25, 0.3) is 0 Å². The number of ether oxygens (including phenoxy) is 1. The third-order valence-electron chi connectivity index (χ3n) is 3.01. The van der Waals surface area contributed by atoms with Crippen LogP contribution in [0.15, 0.2) is 18.2 Å². The van der Waals surface area contributed by atoms with Gasteiger partial charge in [-0.15, -0.1) is 0 Å². The van der Waals surface area contributed by atoms with E-state index < -0.39 is 9.84 Å². The van der Waals surface area contributed by atoms with E-state index in [0.29, 0.717) is 16.9 Å². The molecule has 104 valence electrons. The number of hydrogen-bond acceptors (Lipinski definition) is 4. The fourth-order valence-corrected chi connectivity index (χ4v) is 3.69. The molecule has 0 aliphatic heterocycles. The Bertz CT molecular complexity index is 573. The molecule has 1 atom stereocenters. The molecule has 1 aromatic rings. The predicted molar refractivity (Wildman–Crippen MR) is 74.7 cm³/mol. The molecule has 0 fully saturated rings. The van der Waals surface area contributed by atoms with Crippen LogP contribution in [0.2, 0.25) is 0 Å². The first-order chi connectivity index (χ1) is 8.91. The quantitative estimate of drug-likeness (QED) is 0.803. The van der Waals surface area contributed by atoms with E-state index in [4.69, 9.17) is 10.00 Å². The smallest absolute Gasteiger partial charge is 0.154 e. The van der Waals surface area contributed by atoms with Crippen LogP contribution < -0.4 is 4.74 Å². The minimum atomic E-state index is -3.13. The Kier molecular flexibility index (Phi) is 5.37. The van der Waals surface area contributed by atoms with Crippen molar-refractivity contribution in [1.82, 2.24) is 0 Å². The van der Waals surface area contributed by atoms with E-state index in [-0.39, 0.29) is 17.4 Å². The van der Waals surface area contributed by atoms with Gasteiger partial charge in [-0.05, 0) is 23.6 Å². The van der Waals surface area contributed by atoms with Crippen LogP contribution in [-0.2, 0) is 15.6 Å². The monoisotopic (exact) mass is 281 g/mol. The summed E-state index contributed by atoms with van der Waals surface area (Å²) in [6, 6.07) is 6.87. The van der Waals surface area contributed by atoms with Gasteiger partial charge in [-0.2, -0.15) is 5.26 Å². The first-order valence-electron chi connectivity index (χ1n) is 6.19. The molecule has 0 aliphatic carbocycles. The van der Waals surface area contributed by atoms with Crippen LogP contribution in [0.1, 0.15) is 31.4 Å². The maximum Gasteiger partial charge on any atom is 0.154 e. The minimum absolute atomic E-state index is 0.0145. The summed E-state index contributed by atoms with van der Waals surface area (Å²) in [7, 11) is -1.66. The predicted octanol–water partition coefficient (Wildman–Crippen LogP) is 2.53. The summed E-state index contributed by atoms with van der Waals surface area (Å²) in [5.41, 5.74) is 1.06. The maximum atomic E-state index is 12.0. The topological polar surface area (TPSA) is 67.2 Å². The van der Waals surface area contributed by atoms with E-state index in [1.165, 1.54) is 7.11 Å². The summed E-state index contributed by atoms with van der Waals surface area (Å²) in [4.78, 5) is 0. The summed E-state index contributed by atoms with van der Waals surface area (Å²) in [6.07, 6.45) is 0.843. The molecule has 4 nitrogen and oxygen atoms in total. The molecule has 0 spiro atoms. The van der Waals surface area contributed by atoms with Crippen LogP contribution in [-0.4, -0.2) is 21.3 Å². The van der Waals surface area contributed by atoms with Gasteiger partial charge in [0.05, 0.1) is 24.2 Å². The van der Waals surface area contributed by atoms with E-state index >= 15 is 0 Å².